The van der Waals surface area contributed by atoms with E-state index in [2.05, 4.69) is 36.7 Å². The molecule has 0 radical (unpaired) electrons. The molecule has 20 heavy (non-hydrogen) atoms. The summed E-state index contributed by atoms with van der Waals surface area (Å²) in [4.78, 5) is 13.0. The van der Waals surface area contributed by atoms with Gasteiger partial charge in [0.1, 0.15) is 6.61 Å². The number of halogens is 1. The summed E-state index contributed by atoms with van der Waals surface area (Å²) in [6.45, 7) is 7.29. The van der Waals surface area contributed by atoms with Crippen molar-refractivity contribution < 1.29 is 9.53 Å². The molecule has 2 saturated carbocycles. The van der Waals surface area contributed by atoms with Gasteiger partial charge in [-0.1, -0.05) is 20.8 Å². The van der Waals surface area contributed by atoms with Crippen LogP contribution in [-0.4, -0.2) is 18.5 Å². The van der Waals surface area contributed by atoms with E-state index in [4.69, 9.17) is 4.74 Å². The molecule has 0 aromatic carbocycles. The fourth-order valence-electron chi connectivity index (χ4n) is 4.12. The molecular weight excluding hydrogens is 336 g/mol. The highest BCUT2D eigenvalue weighted by molar-refractivity contribution is 9.10. The first kappa shape index (κ1) is 14.7. The number of thiophene rings is 1. The third kappa shape index (κ3) is 2.03. The summed E-state index contributed by atoms with van der Waals surface area (Å²) in [5, 5.41) is 1.93. The van der Waals surface area contributed by atoms with E-state index in [0.29, 0.717) is 5.41 Å². The summed E-state index contributed by atoms with van der Waals surface area (Å²) in [5.41, 5.74) is 0.564. The van der Waals surface area contributed by atoms with E-state index in [0.717, 1.165) is 21.7 Å². The number of hydrogen-bond acceptors (Lipinski definition) is 3. The van der Waals surface area contributed by atoms with Crippen molar-refractivity contribution in [3.63, 3.8) is 0 Å². The van der Waals surface area contributed by atoms with Crippen LogP contribution < -0.4 is 0 Å². The van der Waals surface area contributed by atoms with Crippen LogP contribution in [0, 0.1) is 16.7 Å². The lowest BCUT2D eigenvalue weighted by Gasteiger charge is -2.38. The number of rotatable bonds is 4. The molecule has 2 fully saturated rings. The second-order valence-corrected chi connectivity index (χ2v) is 8.70. The number of ketones is 1. The largest absolute Gasteiger partial charge is 0.369 e. The normalized spacial score (nSPS) is 34.6. The minimum absolute atomic E-state index is 0.0936. The van der Waals surface area contributed by atoms with Crippen molar-refractivity contribution in [3.05, 3.63) is 20.8 Å². The Hall–Kier alpha value is -0.190. The zero-order valence-corrected chi connectivity index (χ0v) is 14.6. The van der Waals surface area contributed by atoms with E-state index in [9.17, 15) is 4.79 Å². The first-order chi connectivity index (χ1) is 9.36. The van der Waals surface area contributed by atoms with Gasteiger partial charge in [-0.15, -0.1) is 11.3 Å². The zero-order chi connectivity index (χ0) is 14.5. The summed E-state index contributed by atoms with van der Waals surface area (Å²) in [6, 6.07) is 1.92. The third-order valence-corrected chi connectivity index (χ3v) is 7.88. The highest BCUT2D eigenvalue weighted by Gasteiger charge is 2.61. The summed E-state index contributed by atoms with van der Waals surface area (Å²) in [7, 11) is 0. The molecule has 3 atom stereocenters. The van der Waals surface area contributed by atoms with Crippen LogP contribution in [-0.2, 0) is 4.74 Å². The molecule has 1 aromatic rings. The van der Waals surface area contributed by atoms with Crippen LogP contribution in [0.25, 0.3) is 0 Å². The molecule has 2 aliphatic rings. The van der Waals surface area contributed by atoms with Gasteiger partial charge in [0.2, 0.25) is 0 Å². The van der Waals surface area contributed by atoms with Crippen molar-refractivity contribution in [2.75, 3.05) is 6.61 Å². The van der Waals surface area contributed by atoms with Crippen LogP contribution in [0.4, 0.5) is 0 Å². The molecule has 2 aliphatic carbocycles. The van der Waals surface area contributed by atoms with Gasteiger partial charge in [-0.3, -0.25) is 4.79 Å². The Balaban J connectivity index is 1.66. The number of Topliss-reactive ketones (excluding diaryl/α,β-unsaturated/α-hetero) is 1. The average molecular weight is 357 g/mol. The minimum Gasteiger partial charge on any atom is -0.369 e. The second-order valence-electron chi connectivity index (χ2n) is 6.93. The van der Waals surface area contributed by atoms with E-state index >= 15 is 0 Å². The molecule has 0 saturated heterocycles. The lowest BCUT2D eigenvalue weighted by Crippen LogP contribution is -2.38. The van der Waals surface area contributed by atoms with Crippen molar-refractivity contribution in [2.24, 2.45) is 16.7 Å². The molecular formula is C16H21BrO2S. The van der Waals surface area contributed by atoms with Crippen molar-refractivity contribution in [1.82, 2.24) is 0 Å². The molecule has 0 N–H and O–H groups in total. The van der Waals surface area contributed by atoms with E-state index in [-0.39, 0.29) is 23.9 Å². The van der Waals surface area contributed by atoms with Gasteiger partial charge in [-0.05, 0) is 63.4 Å². The Morgan fingerprint density at radius 2 is 2.25 bits per heavy atom. The van der Waals surface area contributed by atoms with E-state index in [1.165, 1.54) is 24.2 Å². The quantitative estimate of drug-likeness (QED) is 0.715. The summed E-state index contributed by atoms with van der Waals surface area (Å²) in [5.74, 6) is 0.845. The molecule has 110 valence electrons. The van der Waals surface area contributed by atoms with Crippen molar-refractivity contribution in [2.45, 2.75) is 46.1 Å². The Morgan fingerprint density at radius 3 is 2.75 bits per heavy atom. The van der Waals surface area contributed by atoms with E-state index < -0.39 is 0 Å². The van der Waals surface area contributed by atoms with Crippen LogP contribution in [0.5, 0.6) is 0 Å². The summed E-state index contributed by atoms with van der Waals surface area (Å²) in [6.07, 6.45) is 3.89. The van der Waals surface area contributed by atoms with Crippen LogP contribution in [0.2, 0.25) is 0 Å². The third-order valence-electron chi connectivity index (χ3n) is 6.00. The van der Waals surface area contributed by atoms with Gasteiger partial charge < -0.3 is 4.74 Å². The van der Waals surface area contributed by atoms with Crippen LogP contribution >= 0.6 is 27.3 Å². The second kappa shape index (κ2) is 4.92. The lowest BCUT2D eigenvalue weighted by molar-refractivity contribution is -0.0390. The van der Waals surface area contributed by atoms with Gasteiger partial charge in [-0.25, -0.2) is 0 Å². The van der Waals surface area contributed by atoms with Gasteiger partial charge in [-0.2, -0.15) is 0 Å². The van der Waals surface area contributed by atoms with Gasteiger partial charge in [0.25, 0.3) is 0 Å². The van der Waals surface area contributed by atoms with Gasteiger partial charge >= 0.3 is 0 Å². The maximum Gasteiger partial charge on any atom is 0.199 e. The Morgan fingerprint density at radius 1 is 1.50 bits per heavy atom. The molecule has 3 unspecified atom stereocenters. The predicted octanol–water partition coefficient (Wildman–Crippen LogP) is 4.92. The number of carbonyl (C=O) groups is 1. The maximum absolute atomic E-state index is 12.2. The number of carbonyl (C=O) groups excluding carboxylic acids is 1. The highest BCUT2D eigenvalue weighted by Crippen LogP contribution is 2.66. The molecule has 0 amide bonds. The van der Waals surface area contributed by atoms with Crippen molar-refractivity contribution >= 4 is 33.0 Å². The first-order valence-corrected chi connectivity index (χ1v) is 8.91. The molecule has 0 aliphatic heterocycles. The predicted molar refractivity (Wildman–Crippen MR) is 85.3 cm³/mol. The van der Waals surface area contributed by atoms with Crippen molar-refractivity contribution in [3.8, 4) is 0 Å². The average Bonchev–Trinajstić information content (AvgIpc) is 2.96. The van der Waals surface area contributed by atoms with Gasteiger partial charge in [0.15, 0.2) is 5.78 Å². The zero-order valence-electron chi connectivity index (χ0n) is 12.2. The minimum atomic E-state index is 0.0936. The van der Waals surface area contributed by atoms with Crippen LogP contribution in [0.1, 0.15) is 49.7 Å². The number of hydrogen-bond donors (Lipinski definition) is 0. The van der Waals surface area contributed by atoms with Gasteiger partial charge in [0, 0.05) is 4.47 Å². The molecule has 4 heteroatoms. The Labute approximate surface area is 133 Å². The smallest absolute Gasteiger partial charge is 0.199 e. The van der Waals surface area contributed by atoms with Crippen LogP contribution in [0.3, 0.4) is 0 Å². The fraction of sp³-hybridized carbons (Fsp3) is 0.688. The molecule has 2 nitrogen and oxygen atoms in total. The highest BCUT2D eigenvalue weighted by atomic mass is 79.9. The molecule has 2 bridgehead atoms. The maximum atomic E-state index is 12.2. The fourth-order valence-corrected chi connectivity index (χ4v) is 5.64. The van der Waals surface area contributed by atoms with E-state index in [1.54, 1.807) is 0 Å². The molecule has 1 aromatic heterocycles. The summed E-state index contributed by atoms with van der Waals surface area (Å²) < 4.78 is 6.94. The van der Waals surface area contributed by atoms with Gasteiger partial charge in [0.05, 0.1) is 11.0 Å². The topological polar surface area (TPSA) is 26.3 Å². The first-order valence-electron chi connectivity index (χ1n) is 7.24. The van der Waals surface area contributed by atoms with Crippen molar-refractivity contribution in [1.29, 1.82) is 0 Å². The Kier molecular flexibility index (Phi) is 3.63. The SMILES string of the molecule is CC1(C)C2CCC1(C)C(OCC(=O)c1sccc1Br)C2. The van der Waals surface area contributed by atoms with E-state index in [1.807, 2.05) is 11.4 Å². The summed E-state index contributed by atoms with van der Waals surface area (Å²) >= 11 is 4.89. The molecule has 1 heterocycles. The Bertz CT molecular complexity index is 536. The number of fused-ring (bicyclic) bond motifs is 2. The lowest BCUT2D eigenvalue weighted by atomic mass is 9.70. The standard InChI is InChI=1S/C16H21BrO2S/c1-15(2)10-4-6-16(15,3)13(8-10)19-9-12(18)14-11(17)5-7-20-14/h5,7,10,13H,4,6,8-9H2,1-3H3. The molecule has 0 spiro atoms. The molecule has 3 rings (SSSR count). The van der Waals surface area contributed by atoms with Crippen LogP contribution in [0.15, 0.2) is 15.9 Å². The monoisotopic (exact) mass is 356 g/mol. The number of ether oxygens (including phenoxy) is 1.